The van der Waals surface area contributed by atoms with E-state index in [4.69, 9.17) is 9.29 Å². The lowest BCUT2D eigenvalue weighted by Crippen LogP contribution is -2.39. The molecule has 0 saturated heterocycles. The van der Waals surface area contributed by atoms with E-state index in [1.807, 2.05) is 7.85 Å². The van der Waals surface area contributed by atoms with Gasteiger partial charge in [0.1, 0.15) is 13.6 Å². The van der Waals surface area contributed by atoms with Gasteiger partial charge in [-0.1, -0.05) is 24.0 Å². The van der Waals surface area contributed by atoms with Crippen LogP contribution in [0.3, 0.4) is 0 Å². The predicted molar refractivity (Wildman–Crippen MR) is 90.6 cm³/mol. The first kappa shape index (κ1) is 23.0. The highest BCUT2D eigenvalue weighted by molar-refractivity contribution is 7.85. The van der Waals surface area contributed by atoms with E-state index < -0.39 is 46.5 Å². The maximum Gasteiger partial charge on any atom is 0.426 e. The van der Waals surface area contributed by atoms with Gasteiger partial charge in [0.15, 0.2) is 0 Å². The number of hydrogen-bond donors (Lipinski definition) is 1. The first-order valence-electron chi connectivity index (χ1n) is 7.89. The molecule has 0 aliphatic rings. The van der Waals surface area contributed by atoms with E-state index in [2.05, 4.69) is 4.74 Å². The number of alkyl halides is 3. The summed E-state index contributed by atoms with van der Waals surface area (Å²) in [6.07, 6.45) is -7.97. The maximum atomic E-state index is 12.6. The van der Waals surface area contributed by atoms with Crippen molar-refractivity contribution in [3.05, 3.63) is 35.4 Å². The lowest BCUT2D eigenvalue weighted by molar-refractivity contribution is -0.215. The van der Waals surface area contributed by atoms with Crippen LogP contribution in [0.2, 0.25) is 0 Å². The zero-order chi connectivity index (χ0) is 20.7. The van der Waals surface area contributed by atoms with Crippen LogP contribution >= 0.6 is 0 Å². The third-order valence-electron chi connectivity index (χ3n) is 3.36. The van der Waals surface area contributed by atoms with Crippen LogP contribution in [0.4, 0.5) is 13.2 Å². The smallest absolute Gasteiger partial charge is 0.426 e. The standard InChI is InChI=1S/C15H18BF3O7S/c16-8-10-3-5-11(6-4-10)14(21)25-7-1-2-13(20)26-12(15(17,18)19)9-27(22,23)24/h3-6,12H,1-2,7-9,16H2,(H,22,23,24). The molecule has 0 aromatic heterocycles. The summed E-state index contributed by atoms with van der Waals surface area (Å²) in [5, 5.41) is 0. The molecule has 0 heterocycles. The van der Waals surface area contributed by atoms with Gasteiger partial charge in [-0.3, -0.25) is 9.35 Å². The summed E-state index contributed by atoms with van der Waals surface area (Å²) in [5.74, 6) is -3.76. The Kier molecular flexibility index (Phi) is 8.29. The summed E-state index contributed by atoms with van der Waals surface area (Å²) >= 11 is 0. The molecule has 0 spiro atoms. The highest BCUT2D eigenvalue weighted by atomic mass is 32.2. The predicted octanol–water partition coefficient (Wildman–Crippen LogP) is 1.12. The van der Waals surface area contributed by atoms with Crippen molar-refractivity contribution in [3.63, 3.8) is 0 Å². The molecule has 0 aliphatic heterocycles. The largest absolute Gasteiger partial charge is 0.462 e. The summed E-state index contributed by atoms with van der Waals surface area (Å²) in [6.45, 7) is -0.238. The van der Waals surface area contributed by atoms with Gasteiger partial charge in [0.2, 0.25) is 6.10 Å². The van der Waals surface area contributed by atoms with Crippen molar-refractivity contribution >= 4 is 29.9 Å². The van der Waals surface area contributed by atoms with Crippen molar-refractivity contribution in [2.75, 3.05) is 12.4 Å². The fourth-order valence-electron chi connectivity index (χ4n) is 1.95. The van der Waals surface area contributed by atoms with Crippen molar-refractivity contribution in [1.29, 1.82) is 0 Å². The molecule has 1 N–H and O–H groups in total. The van der Waals surface area contributed by atoms with Crippen LogP contribution in [0.5, 0.6) is 0 Å². The average Bonchev–Trinajstić information content (AvgIpc) is 2.56. The molecule has 0 radical (unpaired) electrons. The lowest BCUT2D eigenvalue weighted by Gasteiger charge is -2.19. The molecule has 7 nitrogen and oxygen atoms in total. The topological polar surface area (TPSA) is 107 Å². The van der Waals surface area contributed by atoms with Gasteiger partial charge in [0, 0.05) is 6.42 Å². The number of rotatable bonds is 9. The highest BCUT2D eigenvalue weighted by Gasteiger charge is 2.45. The molecule has 27 heavy (non-hydrogen) atoms. The minimum absolute atomic E-state index is 0.117. The molecule has 1 atom stereocenters. The Hall–Kier alpha value is -2.08. The molecule has 12 heteroatoms. The second-order valence-corrected chi connectivity index (χ2v) is 7.06. The molecule has 1 aromatic carbocycles. The van der Waals surface area contributed by atoms with E-state index in [9.17, 15) is 31.2 Å². The molecule has 0 fully saturated rings. The van der Waals surface area contributed by atoms with Gasteiger partial charge in [-0.15, -0.1) is 0 Å². The number of esters is 2. The number of carbonyl (C=O) groups is 2. The number of ether oxygens (including phenoxy) is 2. The van der Waals surface area contributed by atoms with Crippen molar-refractivity contribution in [1.82, 2.24) is 0 Å². The average molecular weight is 410 g/mol. The summed E-state index contributed by atoms with van der Waals surface area (Å²) in [5.41, 5.74) is 1.32. The van der Waals surface area contributed by atoms with Crippen LogP contribution < -0.4 is 0 Å². The molecule has 0 aliphatic carbocycles. The molecule has 0 bridgehead atoms. The van der Waals surface area contributed by atoms with Gasteiger partial charge in [-0.2, -0.15) is 21.6 Å². The highest BCUT2D eigenvalue weighted by Crippen LogP contribution is 2.24. The Bertz CT molecular complexity index is 748. The molecule has 1 aromatic rings. The third kappa shape index (κ3) is 8.91. The molecule has 1 rings (SSSR count). The van der Waals surface area contributed by atoms with Gasteiger partial charge in [0.25, 0.3) is 10.1 Å². The second kappa shape index (κ2) is 9.74. The van der Waals surface area contributed by atoms with Gasteiger partial charge in [0.05, 0.1) is 12.2 Å². The van der Waals surface area contributed by atoms with E-state index >= 15 is 0 Å². The molecular formula is C15H18BF3O7S. The number of hydrogen-bond acceptors (Lipinski definition) is 6. The zero-order valence-electron chi connectivity index (χ0n) is 14.4. The summed E-state index contributed by atoms with van der Waals surface area (Å²) in [6, 6.07) is 6.64. The van der Waals surface area contributed by atoms with Crippen LogP contribution in [0.1, 0.15) is 28.8 Å². The number of carbonyl (C=O) groups excluding carboxylic acids is 2. The maximum absolute atomic E-state index is 12.6. The molecule has 0 amide bonds. The number of benzene rings is 1. The SMILES string of the molecule is BCc1ccc(C(=O)OCCCC(=O)OC(CS(=O)(=O)O)C(F)(F)F)cc1. The number of halogens is 3. The third-order valence-corrected chi connectivity index (χ3v) is 4.08. The lowest BCUT2D eigenvalue weighted by atomic mass is 9.96. The fraction of sp³-hybridized carbons (Fsp3) is 0.467. The van der Waals surface area contributed by atoms with Gasteiger partial charge < -0.3 is 9.47 Å². The summed E-state index contributed by atoms with van der Waals surface area (Å²) in [7, 11) is -3.04. The van der Waals surface area contributed by atoms with Crippen LogP contribution in [-0.4, -0.2) is 57.4 Å². The van der Waals surface area contributed by atoms with E-state index in [1.54, 1.807) is 24.3 Å². The Morgan fingerprint density at radius 2 is 1.78 bits per heavy atom. The van der Waals surface area contributed by atoms with E-state index in [1.165, 1.54) is 0 Å². The van der Waals surface area contributed by atoms with Gasteiger partial charge in [-0.25, -0.2) is 4.79 Å². The van der Waals surface area contributed by atoms with Crippen LogP contribution in [0, 0.1) is 0 Å². The Morgan fingerprint density at radius 1 is 1.19 bits per heavy atom. The van der Waals surface area contributed by atoms with E-state index in [-0.39, 0.29) is 13.0 Å². The minimum atomic E-state index is -5.15. The Labute approximate surface area is 155 Å². The van der Waals surface area contributed by atoms with E-state index in [0.717, 1.165) is 11.9 Å². The second-order valence-electron chi connectivity index (χ2n) is 5.56. The Balaban J connectivity index is 2.43. The summed E-state index contributed by atoms with van der Waals surface area (Å²) < 4.78 is 76.5. The van der Waals surface area contributed by atoms with Crippen molar-refractivity contribution in [2.24, 2.45) is 0 Å². The quantitative estimate of drug-likeness (QED) is 0.281. The molecular weight excluding hydrogens is 392 g/mol. The van der Waals surface area contributed by atoms with Gasteiger partial charge in [-0.05, 0) is 18.6 Å². The van der Waals surface area contributed by atoms with Crippen LogP contribution in [0.25, 0.3) is 0 Å². The van der Waals surface area contributed by atoms with Crippen molar-refractivity contribution < 1.29 is 45.2 Å². The molecule has 150 valence electrons. The van der Waals surface area contributed by atoms with Crippen molar-refractivity contribution in [3.8, 4) is 0 Å². The van der Waals surface area contributed by atoms with Crippen molar-refractivity contribution in [2.45, 2.75) is 31.4 Å². The van der Waals surface area contributed by atoms with Crippen LogP contribution in [-0.2, 0) is 30.7 Å². The van der Waals surface area contributed by atoms with Gasteiger partial charge >= 0.3 is 18.1 Å². The molecule has 0 saturated carbocycles. The van der Waals surface area contributed by atoms with E-state index in [0.29, 0.717) is 5.56 Å². The minimum Gasteiger partial charge on any atom is -0.462 e. The molecule has 1 unspecified atom stereocenters. The fourth-order valence-corrected chi connectivity index (χ4v) is 2.59. The van der Waals surface area contributed by atoms with Crippen LogP contribution in [0.15, 0.2) is 24.3 Å². The first-order valence-corrected chi connectivity index (χ1v) is 9.50. The summed E-state index contributed by atoms with van der Waals surface area (Å²) in [4.78, 5) is 23.2. The monoisotopic (exact) mass is 410 g/mol. The normalized spacial score (nSPS) is 13.0. The Morgan fingerprint density at radius 3 is 2.26 bits per heavy atom. The first-order chi connectivity index (χ1) is 12.4. The zero-order valence-corrected chi connectivity index (χ0v) is 15.2.